The van der Waals surface area contributed by atoms with Crippen molar-refractivity contribution >= 4 is 5.91 Å². The SMILES string of the molecule is O=C(NC1CCNCC1)c1nc(-c2ccccc2)n(-c2ccccc2)n1. The molecule has 3 aromatic rings. The molecule has 0 atom stereocenters. The van der Waals surface area contributed by atoms with Crippen molar-refractivity contribution in [1.82, 2.24) is 25.4 Å². The molecule has 0 unspecified atom stereocenters. The monoisotopic (exact) mass is 347 g/mol. The van der Waals surface area contributed by atoms with Crippen LogP contribution in [0, 0.1) is 0 Å². The zero-order valence-corrected chi connectivity index (χ0v) is 14.4. The maximum atomic E-state index is 12.7. The average molecular weight is 347 g/mol. The molecule has 1 aliphatic rings. The van der Waals surface area contributed by atoms with Gasteiger partial charge >= 0.3 is 0 Å². The van der Waals surface area contributed by atoms with Crippen molar-refractivity contribution in [2.75, 3.05) is 13.1 Å². The minimum absolute atomic E-state index is 0.174. The van der Waals surface area contributed by atoms with Crippen molar-refractivity contribution in [3.8, 4) is 17.1 Å². The molecule has 0 bridgehead atoms. The van der Waals surface area contributed by atoms with E-state index in [0.717, 1.165) is 37.2 Å². The molecule has 1 aliphatic heterocycles. The molecule has 26 heavy (non-hydrogen) atoms. The van der Waals surface area contributed by atoms with Crippen LogP contribution in [0.3, 0.4) is 0 Å². The first kappa shape index (κ1) is 16.5. The largest absolute Gasteiger partial charge is 0.346 e. The summed E-state index contributed by atoms with van der Waals surface area (Å²) < 4.78 is 1.73. The van der Waals surface area contributed by atoms with Gasteiger partial charge in [-0.25, -0.2) is 9.67 Å². The van der Waals surface area contributed by atoms with Crippen LogP contribution in [0.2, 0.25) is 0 Å². The number of carbonyl (C=O) groups excluding carboxylic acids is 1. The lowest BCUT2D eigenvalue weighted by atomic mass is 10.1. The number of amides is 1. The molecule has 132 valence electrons. The summed E-state index contributed by atoms with van der Waals surface area (Å²) in [6.45, 7) is 1.85. The normalized spacial score (nSPS) is 14.9. The molecule has 1 saturated heterocycles. The van der Waals surface area contributed by atoms with Gasteiger partial charge in [0.1, 0.15) is 0 Å². The molecule has 4 rings (SSSR count). The van der Waals surface area contributed by atoms with Crippen LogP contribution >= 0.6 is 0 Å². The van der Waals surface area contributed by atoms with Crippen molar-refractivity contribution < 1.29 is 4.79 Å². The number of hydrogen-bond acceptors (Lipinski definition) is 4. The van der Waals surface area contributed by atoms with Crippen LogP contribution in [-0.2, 0) is 0 Å². The van der Waals surface area contributed by atoms with E-state index in [1.165, 1.54) is 0 Å². The van der Waals surface area contributed by atoms with Crippen LogP contribution in [0.25, 0.3) is 17.1 Å². The third kappa shape index (κ3) is 3.50. The number of piperidine rings is 1. The van der Waals surface area contributed by atoms with Crippen molar-refractivity contribution in [3.63, 3.8) is 0 Å². The van der Waals surface area contributed by atoms with E-state index >= 15 is 0 Å². The standard InChI is InChI=1S/C20H21N5O/c26-20(22-16-11-13-21-14-12-16)18-23-19(15-7-3-1-4-8-15)25(24-18)17-9-5-2-6-10-17/h1-10,16,21H,11-14H2,(H,22,26). The fourth-order valence-electron chi connectivity index (χ4n) is 3.15. The highest BCUT2D eigenvalue weighted by Crippen LogP contribution is 2.21. The number of benzene rings is 2. The van der Waals surface area contributed by atoms with E-state index in [9.17, 15) is 4.79 Å². The Morgan fingerprint density at radius 3 is 2.35 bits per heavy atom. The van der Waals surface area contributed by atoms with Crippen LogP contribution < -0.4 is 10.6 Å². The second-order valence-electron chi connectivity index (χ2n) is 6.37. The van der Waals surface area contributed by atoms with Gasteiger partial charge in [-0.2, -0.15) is 0 Å². The highest BCUT2D eigenvalue weighted by Gasteiger charge is 2.22. The van der Waals surface area contributed by atoms with Crippen molar-refractivity contribution in [2.45, 2.75) is 18.9 Å². The maximum absolute atomic E-state index is 12.7. The number of rotatable bonds is 4. The molecule has 1 aromatic heterocycles. The summed E-state index contributed by atoms with van der Waals surface area (Å²) in [7, 11) is 0. The van der Waals surface area contributed by atoms with Crippen LogP contribution in [0.1, 0.15) is 23.5 Å². The van der Waals surface area contributed by atoms with Crippen molar-refractivity contribution in [1.29, 1.82) is 0 Å². The minimum atomic E-state index is -0.219. The van der Waals surface area contributed by atoms with Gasteiger partial charge in [-0.3, -0.25) is 4.79 Å². The summed E-state index contributed by atoms with van der Waals surface area (Å²) in [6.07, 6.45) is 1.85. The Labute approximate surface area is 152 Å². The number of hydrogen-bond donors (Lipinski definition) is 2. The van der Waals surface area contributed by atoms with E-state index in [4.69, 9.17) is 0 Å². The summed E-state index contributed by atoms with van der Waals surface area (Å²) >= 11 is 0. The van der Waals surface area contributed by atoms with Gasteiger partial charge < -0.3 is 10.6 Å². The second kappa shape index (κ2) is 7.49. The highest BCUT2D eigenvalue weighted by molar-refractivity contribution is 5.91. The fourth-order valence-corrected chi connectivity index (χ4v) is 3.15. The first-order valence-electron chi connectivity index (χ1n) is 8.91. The minimum Gasteiger partial charge on any atom is -0.346 e. The number of aromatic nitrogens is 3. The van der Waals surface area contributed by atoms with Gasteiger partial charge in [0.15, 0.2) is 5.82 Å². The van der Waals surface area contributed by atoms with Gasteiger partial charge in [0.05, 0.1) is 5.69 Å². The Morgan fingerprint density at radius 1 is 1.00 bits per heavy atom. The molecule has 2 N–H and O–H groups in total. The molecule has 2 heterocycles. The van der Waals surface area contributed by atoms with E-state index < -0.39 is 0 Å². The molecule has 2 aromatic carbocycles. The van der Waals surface area contributed by atoms with Crippen LogP contribution in [0.15, 0.2) is 60.7 Å². The van der Waals surface area contributed by atoms with Crippen LogP contribution in [0.4, 0.5) is 0 Å². The first-order chi connectivity index (χ1) is 12.8. The lowest BCUT2D eigenvalue weighted by Crippen LogP contribution is -2.43. The molecule has 6 heteroatoms. The van der Waals surface area contributed by atoms with E-state index in [0.29, 0.717) is 5.82 Å². The number of nitrogens with zero attached hydrogens (tertiary/aromatic N) is 3. The zero-order valence-electron chi connectivity index (χ0n) is 14.4. The van der Waals surface area contributed by atoms with Gasteiger partial charge in [-0.1, -0.05) is 48.5 Å². The predicted molar refractivity (Wildman–Crippen MR) is 100 cm³/mol. The van der Waals surface area contributed by atoms with E-state index in [-0.39, 0.29) is 17.8 Å². The zero-order chi connectivity index (χ0) is 17.8. The average Bonchev–Trinajstić information content (AvgIpc) is 3.16. The van der Waals surface area contributed by atoms with Gasteiger partial charge in [-0.15, -0.1) is 5.10 Å². The molecule has 6 nitrogen and oxygen atoms in total. The molecule has 0 radical (unpaired) electrons. The topological polar surface area (TPSA) is 71.8 Å². The van der Waals surface area contributed by atoms with Gasteiger partial charge in [0.2, 0.25) is 5.82 Å². The lowest BCUT2D eigenvalue weighted by Gasteiger charge is -2.22. The van der Waals surface area contributed by atoms with Crippen molar-refractivity contribution in [3.05, 3.63) is 66.5 Å². The Kier molecular flexibility index (Phi) is 4.75. The molecular formula is C20H21N5O. The molecular weight excluding hydrogens is 326 g/mol. The Hall–Kier alpha value is -2.99. The summed E-state index contributed by atoms with van der Waals surface area (Å²) in [6, 6.07) is 19.7. The first-order valence-corrected chi connectivity index (χ1v) is 8.91. The predicted octanol–water partition coefficient (Wildman–Crippen LogP) is 2.42. The number of nitrogens with one attached hydrogen (secondary N) is 2. The van der Waals surface area contributed by atoms with E-state index in [1.54, 1.807) is 4.68 Å². The van der Waals surface area contributed by atoms with Gasteiger partial charge in [0, 0.05) is 11.6 Å². The lowest BCUT2D eigenvalue weighted by molar-refractivity contribution is 0.0919. The fraction of sp³-hybridized carbons (Fsp3) is 0.250. The molecule has 0 aliphatic carbocycles. The smallest absolute Gasteiger partial charge is 0.291 e. The van der Waals surface area contributed by atoms with E-state index in [1.807, 2.05) is 60.7 Å². The van der Waals surface area contributed by atoms with Crippen molar-refractivity contribution in [2.24, 2.45) is 0 Å². The number of carbonyl (C=O) groups is 1. The Balaban J connectivity index is 1.68. The van der Waals surface area contributed by atoms with E-state index in [2.05, 4.69) is 20.7 Å². The Morgan fingerprint density at radius 2 is 1.65 bits per heavy atom. The quantitative estimate of drug-likeness (QED) is 0.760. The third-order valence-electron chi connectivity index (χ3n) is 4.52. The van der Waals surface area contributed by atoms with Gasteiger partial charge in [-0.05, 0) is 38.1 Å². The molecule has 1 fully saturated rings. The summed E-state index contributed by atoms with van der Waals surface area (Å²) in [5.41, 5.74) is 1.80. The van der Waals surface area contributed by atoms with Crippen LogP contribution in [0.5, 0.6) is 0 Å². The summed E-state index contributed by atoms with van der Waals surface area (Å²) in [4.78, 5) is 17.2. The third-order valence-corrected chi connectivity index (χ3v) is 4.52. The summed E-state index contributed by atoms with van der Waals surface area (Å²) in [5.74, 6) is 0.641. The molecule has 0 spiro atoms. The number of para-hydroxylation sites is 1. The van der Waals surface area contributed by atoms with Gasteiger partial charge in [0.25, 0.3) is 5.91 Å². The summed E-state index contributed by atoms with van der Waals surface area (Å²) in [5, 5.41) is 10.9. The molecule has 1 amide bonds. The Bertz CT molecular complexity index is 813. The maximum Gasteiger partial charge on any atom is 0.291 e. The second-order valence-corrected chi connectivity index (χ2v) is 6.37. The highest BCUT2D eigenvalue weighted by atomic mass is 16.2. The van der Waals surface area contributed by atoms with Crippen LogP contribution in [-0.4, -0.2) is 39.8 Å². The molecule has 0 saturated carbocycles.